The van der Waals surface area contributed by atoms with E-state index in [-0.39, 0.29) is 71.9 Å². The van der Waals surface area contributed by atoms with Crippen molar-refractivity contribution >= 4 is 22.8 Å². The molecule has 5 rings (SSSR count). The van der Waals surface area contributed by atoms with Gasteiger partial charge in [-0.05, 0) is 59.5 Å². The first-order chi connectivity index (χ1) is 24.3. The molecule has 266 valence electrons. The molecule has 0 bridgehead atoms. The van der Waals surface area contributed by atoms with Gasteiger partial charge in [0, 0.05) is 42.2 Å². The van der Waals surface area contributed by atoms with Gasteiger partial charge in [-0.2, -0.15) is 13.2 Å². The van der Waals surface area contributed by atoms with Crippen LogP contribution in [0.4, 0.5) is 13.2 Å². The first-order valence-electron chi connectivity index (χ1n) is 15.8. The van der Waals surface area contributed by atoms with Crippen molar-refractivity contribution in [1.82, 2.24) is 15.6 Å². The summed E-state index contributed by atoms with van der Waals surface area (Å²) in [6, 6.07) is 22.5. The summed E-state index contributed by atoms with van der Waals surface area (Å²) in [4.78, 5) is 38.9. The molecule has 4 aromatic carbocycles. The van der Waals surface area contributed by atoms with Crippen LogP contribution in [0.5, 0.6) is 11.5 Å². The molecule has 0 spiro atoms. The number of hydrogen-bond donors (Lipinski definition) is 7. The number of hydrogen-bond acceptors (Lipinski definition) is 8. The monoisotopic (exact) mass is 705 g/mol. The van der Waals surface area contributed by atoms with Gasteiger partial charge in [-0.1, -0.05) is 54.6 Å². The standard InChI is InChI=1S/C37H34F3N3O8/c38-37(39,40)29-18-22(10-11-23(29)20-41-21-31(45)27-12-14-30(44)33-28(27)13-15-32(46)43-33)34(47)42-16-5-17-51-26-9-4-8-25(19-26)36(50,35(48)49)24-6-2-1-3-7-24/h1-4,6-15,18-19,31,41,44-45,50H,5,16-17,20-21H2,(H,42,47)(H,43,46)(H,48,49). The lowest BCUT2D eigenvalue weighted by Gasteiger charge is -2.25. The average molecular weight is 706 g/mol. The number of pyridine rings is 1. The number of carbonyl (C=O) groups is 2. The Bertz CT molecular complexity index is 2090. The third kappa shape index (κ3) is 8.37. The fourth-order valence-electron chi connectivity index (χ4n) is 5.61. The van der Waals surface area contributed by atoms with Crippen LogP contribution < -0.4 is 20.9 Å². The summed E-state index contributed by atoms with van der Waals surface area (Å²) in [5.41, 5.74) is -3.44. The van der Waals surface area contributed by atoms with Crippen LogP contribution in [0.1, 0.15) is 50.7 Å². The molecule has 0 aliphatic heterocycles. The molecule has 5 aromatic rings. The van der Waals surface area contributed by atoms with Crippen LogP contribution in [-0.4, -0.2) is 57.0 Å². The lowest BCUT2D eigenvalue weighted by atomic mass is 9.86. The molecular formula is C37H34F3N3O8. The summed E-state index contributed by atoms with van der Waals surface area (Å²) in [7, 11) is 0. The minimum Gasteiger partial charge on any atom is -0.506 e. The van der Waals surface area contributed by atoms with Crippen molar-refractivity contribution < 1.29 is 47.9 Å². The molecule has 1 aromatic heterocycles. The quantitative estimate of drug-likeness (QED) is 0.0813. The van der Waals surface area contributed by atoms with Crippen LogP contribution in [-0.2, 0) is 23.1 Å². The second kappa shape index (κ2) is 15.5. The molecule has 2 unspecified atom stereocenters. The number of nitrogens with one attached hydrogen (secondary N) is 3. The van der Waals surface area contributed by atoms with Crippen molar-refractivity contribution in [3.05, 3.63) is 141 Å². The zero-order valence-corrected chi connectivity index (χ0v) is 26.9. The van der Waals surface area contributed by atoms with Crippen molar-refractivity contribution in [3.8, 4) is 11.5 Å². The zero-order valence-electron chi connectivity index (χ0n) is 26.9. The van der Waals surface area contributed by atoms with Crippen LogP contribution in [0.25, 0.3) is 10.9 Å². The summed E-state index contributed by atoms with van der Waals surface area (Å²) in [6.07, 6.45) is -5.70. The minimum atomic E-state index is -4.78. The van der Waals surface area contributed by atoms with Gasteiger partial charge in [-0.15, -0.1) is 0 Å². The van der Waals surface area contributed by atoms with E-state index in [1.165, 1.54) is 66.7 Å². The summed E-state index contributed by atoms with van der Waals surface area (Å²) in [6.45, 7) is -0.306. The molecule has 14 heteroatoms. The topological polar surface area (TPSA) is 181 Å². The number of benzene rings is 4. The van der Waals surface area contributed by atoms with Gasteiger partial charge in [0.05, 0.1) is 23.8 Å². The van der Waals surface area contributed by atoms with E-state index in [1.807, 2.05) is 0 Å². The van der Waals surface area contributed by atoms with Crippen LogP contribution in [0.15, 0.2) is 102 Å². The molecule has 0 fully saturated rings. The number of H-pyrrole nitrogens is 1. The van der Waals surface area contributed by atoms with Gasteiger partial charge >= 0.3 is 12.1 Å². The van der Waals surface area contributed by atoms with E-state index in [0.717, 1.165) is 6.07 Å². The molecule has 1 amide bonds. The molecule has 7 N–H and O–H groups in total. The molecular weight excluding hydrogens is 671 g/mol. The summed E-state index contributed by atoms with van der Waals surface area (Å²) >= 11 is 0. The molecule has 2 atom stereocenters. The second-order valence-electron chi connectivity index (χ2n) is 11.7. The van der Waals surface area contributed by atoms with Gasteiger partial charge in [0.15, 0.2) is 0 Å². The largest absolute Gasteiger partial charge is 0.506 e. The number of ether oxygens (including phenoxy) is 1. The first-order valence-corrected chi connectivity index (χ1v) is 15.8. The van der Waals surface area contributed by atoms with Crippen molar-refractivity contribution in [2.45, 2.75) is 30.8 Å². The third-order valence-corrected chi connectivity index (χ3v) is 8.22. The lowest BCUT2D eigenvalue weighted by molar-refractivity contribution is -0.155. The number of aliphatic carboxylic acids is 1. The predicted octanol–water partition coefficient (Wildman–Crippen LogP) is 4.60. The number of carbonyl (C=O) groups excluding carboxylic acids is 1. The number of carboxylic acids is 1. The van der Waals surface area contributed by atoms with Crippen LogP contribution >= 0.6 is 0 Å². The van der Waals surface area contributed by atoms with E-state index in [0.29, 0.717) is 10.9 Å². The molecule has 11 nitrogen and oxygen atoms in total. The van der Waals surface area contributed by atoms with Crippen molar-refractivity contribution in [2.24, 2.45) is 0 Å². The third-order valence-electron chi connectivity index (χ3n) is 8.22. The number of aliphatic hydroxyl groups excluding tert-OH is 1. The number of fused-ring (bicyclic) bond motifs is 1. The van der Waals surface area contributed by atoms with Gasteiger partial charge in [0.2, 0.25) is 11.2 Å². The molecule has 0 aliphatic rings. The Hall–Kier alpha value is -5.70. The maximum atomic E-state index is 14.0. The summed E-state index contributed by atoms with van der Waals surface area (Å²) in [5.74, 6) is -2.12. The lowest BCUT2D eigenvalue weighted by Crippen LogP contribution is -2.36. The number of phenolic OH excluding ortho intramolecular Hbond substituents is 1. The summed E-state index contributed by atoms with van der Waals surface area (Å²) in [5, 5.41) is 47.4. The highest BCUT2D eigenvalue weighted by molar-refractivity contribution is 5.94. The number of aromatic hydroxyl groups is 1. The van der Waals surface area contributed by atoms with Crippen molar-refractivity contribution in [1.29, 1.82) is 0 Å². The van der Waals surface area contributed by atoms with Gasteiger partial charge in [0.25, 0.3) is 5.91 Å². The van der Waals surface area contributed by atoms with E-state index in [2.05, 4.69) is 15.6 Å². The highest BCUT2D eigenvalue weighted by Gasteiger charge is 2.40. The number of aliphatic hydroxyl groups is 2. The van der Waals surface area contributed by atoms with Gasteiger partial charge < -0.3 is 40.8 Å². The average Bonchev–Trinajstić information content (AvgIpc) is 3.11. The van der Waals surface area contributed by atoms with E-state index < -0.39 is 40.9 Å². The fourth-order valence-corrected chi connectivity index (χ4v) is 5.61. The van der Waals surface area contributed by atoms with E-state index in [9.17, 15) is 48.0 Å². The number of halogens is 3. The predicted molar refractivity (Wildman–Crippen MR) is 180 cm³/mol. The Morgan fingerprint density at radius 1 is 0.902 bits per heavy atom. The maximum Gasteiger partial charge on any atom is 0.416 e. The number of aromatic nitrogens is 1. The Morgan fingerprint density at radius 2 is 1.65 bits per heavy atom. The molecule has 0 saturated heterocycles. The number of phenols is 1. The number of alkyl halides is 3. The van der Waals surface area contributed by atoms with E-state index in [1.54, 1.807) is 24.3 Å². The molecule has 51 heavy (non-hydrogen) atoms. The smallest absolute Gasteiger partial charge is 0.416 e. The van der Waals surface area contributed by atoms with Gasteiger partial charge in [0.1, 0.15) is 11.5 Å². The van der Waals surface area contributed by atoms with Crippen molar-refractivity contribution in [2.75, 3.05) is 19.7 Å². The Labute approximate surface area is 289 Å². The first kappa shape index (κ1) is 36.6. The summed E-state index contributed by atoms with van der Waals surface area (Å²) < 4.78 is 47.7. The molecule has 0 aliphatic carbocycles. The van der Waals surface area contributed by atoms with E-state index >= 15 is 0 Å². The van der Waals surface area contributed by atoms with Crippen LogP contribution in [0, 0.1) is 0 Å². The maximum absolute atomic E-state index is 14.0. The Morgan fingerprint density at radius 3 is 2.37 bits per heavy atom. The number of aromatic amines is 1. The second-order valence-corrected chi connectivity index (χ2v) is 11.7. The minimum absolute atomic E-state index is 0.0595. The zero-order chi connectivity index (χ0) is 36.8. The Kier molecular flexibility index (Phi) is 11.1. The molecule has 0 saturated carbocycles. The van der Waals surface area contributed by atoms with Gasteiger partial charge in [-0.3, -0.25) is 9.59 Å². The van der Waals surface area contributed by atoms with Crippen LogP contribution in [0.3, 0.4) is 0 Å². The van der Waals surface area contributed by atoms with Gasteiger partial charge in [-0.25, -0.2) is 4.79 Å². The fraction of sp³-hybridized carbons (Fsp3) is 0.216. The Balaban J connectivity index is 1.15. The SMILES string of the molecule is O=C(NCCCOc1cccc(C(O)(C(=O)O)c2ccccc2)c1)c1ccc(CNCC(O)c2ccc(O)c3[nH]c(=O)ccc23)c(C(F)(F)F)c1. The number of amides is 1. The highest BCUT2D eigenvalue weighted by atomic mass is 19.4. The number of carboxylic acid groups (broad SMARTS) is 1. The van der Waals surface area contributed by atoms with Crippen molar-refractivity contribution in [3.63, 3.8) is 0 Å². The molecule has 0 radical (unpaired) electrons. The number of rotatable bonds is 14. The molecule has 1 heterocycles. The normalized spacial score (nSPS) is 13.4. The highest BCUT2D eigenvalue weighted by Crippen LogP contribution is 2.34. The van der Waals surface area contributed by atoms with Crippen LogP contribution in [0.2, 0.25) is 0 Å². The van der Waals surface area contributed by atoms with E-state index in [4.69, 9.17) is 4.74 Å².